The first-order valence-electron chi connectivity index (χ1n) is 8.60. The molecule has 2 heterocycles. The lowest BCUT2D eigenvalue weighted by Crippen LogP contribution is -2.48. The molecule has 4 heteroatoms. The quantitative estimate of drug-likeness (QED) is 0.867. The van der Waals surface area contributed by atoms with Crippen molar-refractivity contribution >= 4 is 5.91 Å². The zero-order chi connectivity index (χ0) is 16.9. The van der Waals surface area contributed by atoms with Crippen molar-refractivity contribution in [3.63, 3.8) is 0 Å². The van der Waals surface area contributed by atoms with E-state index in [1.54, 1.807) is 0 Å². The third-order valence-corrected chi connectivity index (χ3v) is 4.69. The molecule has 1 atom stereocenters. The Morgan fingerprint density at radius 3 is 2.75 bits per heavy atom. The van der Waals surface area contributed by atoms with Gasteiger partial charge in [-0.2, -0.15) is 0 Å². The number of piperidine rings is 1. The van der Waals surface area contributed by atoms with Crippen molar-refractivity contribution in [3.05, 3.63) is 65.5 Å². The molecule has 3 rings (SSSR count). The summed E-state index contributed by atoms with van der Waals surface area (Å²) in [6, 6.07) is 16.5. The summed E-state index contributed by atoms with van der Waals surface area (Å²) in [6.07, 6.45) is 2.18. The SMILES string of the molecule is Cc1cccc(C(=O)N2CCCC(N(C)Cc3ccccc3)C2)n1. The molecular weight excluding hydrogens is 298 g/mol. The predicted octanol–water partition coefficient (Wildman–Crippen LogP) is 3.13. The highest BCUT2D eigenvalue weighted by Gasteiger charge is 2.27. The Morgan fingerprint density at radius 1 is 1.21 bits per heavy atom. The molecule has 1 saturated heterocycles. The van der Waals surface area contributed by atoms with E-state index in [1.165, 1.54) is 5.56 Å². The molecule has 1 fully saturated rings. The molecule has 126 valence electrons. The molecule has 2 aromatic rings. The van der Waals surface area contributed by atoms with Crippen LogP contribution in [-0.4, -0.2) is 46.9 Å². The first-order valence-corrected chi connectivity index (χ1v) is 8.60. The maximum Gasteiger partial charge on any atom is 0.272 e. The molecule has 4 nitrogen and oxygen atoms in total. The van der Waals surface area contributed by atoms with E-state index in [0.29, 0.717) is 11.7 Å². The first-order chi connectivity index (χ1) is 11.6. The molecule has 0 aliphatic carbocycles. The zero-order valence-corrected chi connectivity index (χ0v) is 14.5. The minimum atomic E-state index is 0.0523. The molecule has 1 aromatic carbocycles. The monoisotopic (exact) mass is 323 g/mol. The van der Waals surface area contributed by atoms with Gasteiger partial charge in [0.25, 0.3) is 5.91 Å². The van der Waals surface area contributed by atoms with Gasteiger partial charge in [-0.05, 0) is 44.5 Å². The van der Waals surface area contributed by atoms with Gasteiger partial charge in [0, 0.05) is 31.4 Å². The van der Waals surface area contributed by atoms with Crippen molar-refractivity contribution in [3.8, 4) is 0 Å². The van der Waals surface area contributed by atoms with Crippen LogP contribution in [-0.2, 0) is 6.54 Å². The highest BCUT2D eigenvalue weighted by molar-refractivity contribution is 5.92. The number of aromatic nitrogens is 1. The van der Waals surface area contributed by atoms with E-state index in [4.69, 9.17) is 0 Å². The Bertz CT molecular complexity index is 686. The smallest absolute Gasteiger partial charge is 0.272 e. The number of amides is 1. The highest BCUT2D eigenvalue weighted by atomic mass is 16.2. The van der Waals surface area contributed by atoms with Crippen molar-refractivity contribution in [1.29, 1.82) is 0 Å². The largest absolute Gasteiger partial charge is 0.336 e. The second-order valence-corrected chi connectivity index (χ2v) is 6.61. The standard InChI is InChI=1S/C20H25N3O/c1-16-8-6-12-19(21-16)20(24)23-13-7-11-18(15-23)22(2)14-17-9-4-3-5-10-17/h3-6,8-10,12,18H,7,11,13-15H2,1-2H3. The van der Waals surface area contributed by atoms with Gasteiger partial charge in [-0.3, -0.25) is 9.69 Å². The summed E-state index contributed by atoms with van der Waals surface area (Å²) in [5.41, 5.74) is 2.75. The lowest BCUT2D eigenvalue weighted by atomic mass is 10.0. The molecule has 1 amide bonds. The number of benzene rings is 1. The molecule has 24 heavy (non-hydrogen) atoms. The van der Waals surface area contributed by atoms with Crippen LogP contribution in [0.15, 0.2) is 48.5 Å². The molecule has 0 N–H and O–H groups in total. The van der Waals surface area contributed by atoms with Crippen LogP contribution < -0.4 is 0 Å². The van der Waals surface area contributed by atoms with Crippen molar-refractivity contribution < 1.29 is 4.79 Å². The van der Waals surface area contributed by atoms with E-state index in [-0.39, 0.29) is 5.91 Å². The Labute approximate surface area is 144 Å². The van der Waals surface area contributed by atoms with Crippen molar-refractivity contribution in [1.82, 2.24) is 14.8 Å². The fourth-order valence-electron chi connectivity index (χ4n) is 3.32. The molecule has 1 aliphatic heterocycles. The van der Waals surface area contributed by atoms with Gasteiger partial charge in [-0.25, -0.2) is 4.98 Å². The van der Waals surface area contributed by atoms with E-state index < -0.39 is 0 Å². The van der Waals surface area contributed by atoms with Crippen LogP contribution in [0.5, 0.6) is 0 Å². The van der Waals surface area contributed by atoms with Crippen LogP contribution in [0.4, 0.5) is 0 Å². The van der Waals surface area contributed by atoms with Gasteiger partial charge in [-0.15, -0.1) is 0 Å². The molecule has 1 unspecified atom stereocenters. The average molecular weight is 323 g/mol. The van der Waals surface area contributed by atoms with E-state index >= 15 is 0 Å². The van der Waals surface area contributed by atoms with E-state index in [2.05, 4.69) is 41.2 Å². The molecule has 1 aliphatic rings. The molecule has 0 radical (unpaired) electrons. The van der Waals surface area contributed by atoms with Gasteiger partial charge in [0.2, 0.25) is 0 Å². The van der Waals surface area contributed by atoms with E-state index in [0.717, 1.165) is 38.2 Å². The zero-order valence-electron chi connectivity index (χ0n) is 14.5. The van der Waals surface area contributed by atoms with Gasteiger partial charge in [0.05, 0.1) is 0 Å². The van der Waals surface area contributed by atoms with Crippen molar-refractivity contribution in [2.24, 2.45) is 0 Å². The maximum atomic E-state index is 12.7. The summed E-state index contributed by atoms with van der Waals surface area (Å²) < 4.78 is 0. The van der Waals surface area contributed by atoms with Crippen LogP contribution in [0, 0.1) is 6.92 Å². The van der Waals surface area contributed by atoms with Crippen molar-refractivity contribution in [2.75, 3.05) is 20.1 Å². The summed E-state index contributed by atoms with van der Waals surface area (Å²) >= 11 is 0. The summed E-state index contributed by atoms with van der Waals surface area (Å²) in [5.74, 6) is 0.0523. The number of hydrogen-bond donors (Lipinski definition) is 0. The molecule has 0 spiro atoms. The third kappa shape index (κ3) is 4.01. The Morgan fingerprint density at radius 2 is 2.00 bits per heavy atom. The number of carbonyl (C=O) groups is 1. The van der Waals surface area contributed by atoms with Gasteiger partial charge >= 0.3 is 0 Å². The fourth-order valence-corrected chi connectivity index (χ4v) is 3.32. The minimum absolute atomic E-state index is 0.0523. The average Bonchev–Trinajstić information content (AvgIpc) is 2.62. The minimum Gasteiger partial charge on any atom is -0.336 e. The molecule has 0 bridgehead atoms. The second-order valence-electron chi connectivity index (χ2n) is 6.61. The first kappa shape index (κ1) is 16.7. The number of hydrogen-bond acceptors (Lipinski definition) is 3. The summed E-state index contributed by atoms with van der Waals surface area (Å²) in [7, 11) is 2.15. The summed E-state index contributed by atoms with van der Waals surface area (Å²) in [4.78, 5) is 21.4. The van der Waals surface area contributed by atoms with Gasteiger partial charge < -0.3 is 4.90 Å². The topological polar surface area (TPSA) is 36.4 Å². The number of likely N-dealkylation sites (N-methyl/N-ethyl adjacent to an activating group) is 1. The third-order valence-electron chi connectivity index (χ3n) is 4.69. The number of aryl methyl sites for hydroxylation is 1. The molecular formula is C20H25N3O. The molecule has 1 aromatic heterocycles. The number of nitrogens with zero attached hydrogens (tertiary/aromatic N) is 3. The van der Waals surface area contributed by atoms with E-state index in [1.807, 2.05) is 36.1 Å². The highest BCUT2D eigenvalue weighted by Crippen LogP contribution is 2.18. The molecule has 0 saturated carbocycles. The normalized spacial score (nSPS) is 18.0. The summed E-state index contributed by atoms with van der Waals surface area (Å²) in [6.45, 7) is 4.43. The Hall–Kier alpha value is -2.20. The van der Waals surface area contributed by atoms with Crippen LogP contribution in [0.2, 0.25) is 0 Å². The number of likely N-dealkylation sites (tertiary alicyclic amines) is 1. The van der Waals surface area contributed by atoms with Crippen molar-refractivity contribution in [2.45, 2.75) is 32.4 Å². The summed E-state index contributed by atoms with van der Waals surface area (Å²) in [5, 5.41) is 0. The lowest BCUT2D eigenvalue weighted by Gasteiger charge is -2.37. The number of rotatable bonds is 4. The lowest BCUT2D eigenvalue weighted by molar-refractivity contribution is 0.0596. The Kier molecular flexibility index (Phi) is 5.26. The van der Waals surface area contributed by atoms with Crippen LogP contribution >= 0.6 is 0 Å². The van der Waals surface area contributed by atoms with Gasteiger partial charge in [0.1, 0.15) is 5.69 Å². The van der Waals surface area contributed by atoms with Crippen LogP contribution in [0.1, 0.15) is 34.6 Å². The van der Waals surface area contributed by atoms with Crippen LogP contribution in [0.25, 0.3) is 0 Å². The van der Waals surface area contributed by atoms with Gasteiger partial charge in [0.15, 0.2) is 0 Å². The maximum absolute atomic E-state index is 12.7. The van der Waals surface area contributed by atoms with E-state index in [9.17, 15) is 4.79 Å². The Balaban J connectivity index is 1.64. The number of carbonyl (C=O) groups excluding carboxylic acids is 1. The number of pyridine rings is 1. The van der Waals surface area contributed by atoms with Crippen LogP contribution in [0.3, 0.4) is 0 Å². The fraction of sp³-hybridized carbons (Fsp3) is 0.400. The predicted molar refractivity (Wildman–Crippen MR) is 95.8 cm³/mol. The van der Waals surface area contributed by atoms with Gasteiger partial charge in [-0.1, -0.05) is 36.4 Å². The second kappa shape index (κ2) is 7.58.